The van der Waals surface area contributed by atoms with Gasteiger partial charge in [0.1, 0.15) is 17.3 Å². The van der Waals surface area contributed by atoms with Crippen LogP contribution in [0.5, 0.6) is 11.5 Å². The predicted molar refractivity (Wildman–Crippen MR) is 97.9 cm³/mol. The van der Waals surface area contributed by atoms with E-state index in [-0.39, 0.29) is 23.9 Å². The summed E-state index contributed by atoms with van der Waals surface area (Å²) in [5, 5.41) is 3.69. The lowest BCUT2D eigenvalue weighted by Crippen LogP contribution is -2.46. The summed E-state index contributed by atoms with van der Waals surface area (Å²) in [7, 11) is 3.31. The molecule has 1 heterocycles. The normalized spacial score (nSPS) is 26.3. The van der Waals surface area contributed by atoms with Crippen molar-refractivity contribution in [2.24, 2.45) is 11.8 Å². The third-order valence-corrected chi connectivity index (χ3v) is 5.21. The maximum Gasteiger partial charge on any atom is 0.142 e. The molecule has 25 heavy (non-hydrogen) atoms. The van der Waals surface area contributed by atoms with Gasteiger partial charge in [-0.05, 0) is 35.4 Å². The van der Waals surface area contributed by atoms with Gasteiger partial charge >= 0.3 is 0 Å². The Balaban J connectivity index is 1.89. The highest BCUT2D eigenvalue weighted by Gasteiger charge is 2.40. The first-order valence-electron chi connectivity index (χ1n) is 8.63. The first kappa shape index (κ1) is 17.5. The van der Waals surface area contributed by atoms with E-state index in [9.17, 15) is 4.79 Å². The molecule has 132 valence electrons. The highest BCUT2D eigenvalue weighted by atomic mass is 16.5. The van der Waals surface area contributed by atoms with Gasteiger partial charge in [0.15, 0.2) is 0 Å². The smallest absolute Gasteiger partial charge is 0.142 e. The van der Waals surface area contributed by atoms with E-state index in [1.807, 2.05) is 62.4 Å². The summed E-state index contributed by atoms with van der Waals surface area (Å²) >= 11 is 0. The number of Topliss-reactive ketones (excluding diaryl/α,β-unsaturated/α-hetero) is 1. The zero-order valence-corrected chi connectivity index (χ0v) is 15.2. The molecule has 1 aliphatic heterocycles. The number of hydrogen-bond donors (Lipinski definition) is 1. The van der Waals surface area contributed by atoms with Crippen molar-refractivity contribution in [2.75, 3.05) is 14.2 Å². The van der Waals surface area contributed by atoms with Crippen molar-refractivity contribution >= 4 is 5.78 Å². The van der Waals surface area contributed by atoms with Gasteiger partial charge in [0.05, 0.1) is 14.2 Å². The molecule has 1 N–H and O–H groups in total. The maximum atomic E-state index is 12.8. The molecule has 0 bridgehead atoms. The molecule has 2 aromatic rings. The molecule has 0 aliphatic carbocycles. The van der Waals surface area contributed by atoms with Crippen molar-refractivity contribution in [3.63, 3.8) is 0 Å². The van der Waals surface area contributed by atoms with E-state index in [0.29, 0.717) is 5.78 Å². The summed E-state index contributed by atoms with van der Waals surface area (Å²) < 4.78 is 10.5. The fourth-order valence-corrected chi connectivity index (χ4v) is 3.62. The predicted octanol–water partition coefficient (Wildman–Crippen LogP) is 3.93. The van der Waals surface area contributed by atoms with Crippen molar-refractivity contribution in [3.05, 3.63) is 59.7 Å². The van der Waals surface area contributed by atoms with Crippen LogP contribution in [0, 0.1) is 11.8 Å². The molecule has 4 atom stereocenters. The molecule has 0 amide bonds. The van der Waals surface area contributed by atoms with Gasteiger partial charge in [0, 0.05) is 23.9 Å². The lowest BCUT2D eigenvalue weighted by molar-refractivity contribution is -0.130. The lowest BCUT2D eigenvalue weighted by atomic mass is 9.76. The van der Waals surface area contributed by atoms with Gasteiger partial charge in [-0.2, -0.15) is 0 Å². The number of ether oxygens (including phenoxy) is 2. The Morgan fingerprint density at radius 2 is 1.08 bits per heavy atom. The first-order chi connectivity index (χ1) is 12.0. The van der Waals surface area contributed by atoms with Gasteiger partial charge in [-0.1, -0.05) is 38.1 Å². The summed E-state index contributed by atoms with van der Waals surface area (Å²) in [5.74, 6) is 1.79. The molecule has 1 saturated heterocycles. The van der Waals surface area contributed by atoms with Crippen LogP contribution in [0.3, 0.4) is 0 Å². The minimum absolute atomic E-state index is 0.0123. The van der Waals surface area contributed by atoms with Crippen LogP contribution in [0.15, 0.2) is 48.5 Å². The second kappa shape index (κ2) is 7.28. The number of ketones is 1. The number of piperidine rings is 1. The Bertz CT molecular complexity index is 662. The monoisotopic (exact) mass is 339 g/mol. The lowest BCUT2D eigenvalue weighted by Gasteiger charge is -2.39. The van der Waals surface area contributed by atoms with Crippen molar-refractivity contribution in [3.8, 4) is 11.5 Å². The number of rotatable bonds is 4. The van der Waals surface area contributed by atoms with E-state index >= 15 is 0 Å². The molecule has 4 heteroatoms. The van der Waals surface area contributed by atoms with Gasteiger partial charge in [-0.15, -0.1) is 0 Å². The standard InChI is InChI=1S/C21H25NO3/c1-13-19(15-5-9-17(24-3)10-6-15)22-20(14(2)21(13)23)16-7-11-18(25-4)12-8-16/h5-14,19-20,22H,1-4H3/t13-,14-,19-,20+/m0/s1. The molecule has 0 aromatic heterocycles. The average Bonchev–Trinajstić information content (AvgIpc) is 2.67. The van der Waals surface area contributed by atoms with E-state index < -0.39 is 0 Å². The maximum absolute atomic E-state index is 12.8. The van der Waals surface area contributed by atoms with Crippen molar-refractivity contribution in [1.82, 2.24) is 5.32 Å². The number of nitrogens with one attached hydrogen (secondary N) is 1. The van der Waals surface area contributed by atoms with Crippen LogP contribution >= 0.6 is 0 Å². The second-order valence-electron chi connectivity index (χ2n) is 6.65. The topological polar surface area (TPSA) is 47.6 Å². The summed E-state index contributed by atoms with van der Waals surface area (Å²) in [6.45, 7) is 4.01. The summed E-state index contributed by atoms with van der Waals surface area (Å²) in [6, 6.07) is 15.8. The number of hydrogen-bond acceptors (Lipinski definition) is 4. The quantitative estimate of drug-likeness (QED) is 0.917. The number of methoxy groups -OCH3 is 2. The Morgan fingerprint density at radius 3 is 1.40 bits per heavy atom. The molecule has 0 unspecified atom stereocenters. The molecule has 1 aliphatic rings. The third-order valence-electron chi connectivity index (χ3n) is 5.21. The summed E-state index contributed by atoms with van der Waals surface area (Å²) in [6.07, 6.45) is 0. The van der Waals surface area contributed by atoms with Gasteiger partial charge in [-0.3, -0.25) is 4.79 Å². The van der Waals surface area contributed by atoms with Crippen LogP contribution in [0.4, 0.5) is 0 Å². The van der Waals surface area contributed by atoms with E-state index in [0.717, 1.165) is 22.6 Å². The van der Waals surface area contributed by atoms with E-state index in [4.69, 9.17) is 9.47 Å². The third kappa shape index (κ3) is 3.40. The fraction of sp³-hybridized carbons (Fsp3) is 0.381. The van der Waals surface area contributed by atoms with Crippen LogP contribution in [-0.4, -0.2) is 20.0 Å². The zero-order chi connectivity index (χ0) is 18.0. The summed E-state index contributed by atoms with van der Waals surface area (Å²) in [5.41, 5.74) is 2.21. The molecular weight excluding hydrogens is 314 g/mol. The van der Waals surface area contributed by atoms with Crippen molar-refractivity contribution in [2.45, 2.75) is 25.9 Å². The van der Waals surface area contributed by atoms with E-state index in [1.165, 1.54) is 0 Å². The molecule has 3 rings (SSSR count). The zero-order valence-electron chi connectivity index (χ0n) is 15.2. The average molecular weight is 339 g/mol. The minimum atomic E-state index is -0.0714. The van der Waals surface area contributed by atoms with Crippen LogP contribution in [0.1, 0.15) is 37.1 Å². The van der Waals surface area contributed by atoms with E-state index in [1.54, 1.807) is 14.2 Å². The highest BCUT2D eigenvalue weighted by molar-refractivity contribution is 5.85. The molecule has 0 saturated carbocycles. The van der Waals surface area contributed by atoms with Crippen LogP contribution in [-0.2, 0) is 4.79 Å². The SMILES string of the molecule is COc1ccc([C@H]2N[C@@H](c3ccc(OC)cc3)[C@H](C)C(=O)[C@H]2C)cc1. The first-order valence-corrected chi connectivity index (χ1v) is 8.63. The number of carbonyl (C=O) groups is 1. The molecule has 4 nitrogen and oxygen atoms in total. The minimum Gasteiger partial charge on any atom is -0.497 e. The number of carbonyl (C=O) groups excluding carboxylic acids is 1. The largest absolute Gasteiger partial charge is 0.497 e. The molecule has 2 aromatic carbocycles. The Hall–Kier alpha value is -2.33. The van der Waals surface area contributed by atoms with Gasteiger partial charge in [-0.25, -0.2) is 0 Å². The van der Waals surface area contributed by atoms with Crippen LogP contribution < -0.4 is 14.8 Å². The Kier molecular flexibility index (Phi) is 5.09. The van der Waals surface area contributed by atoms with Crippen LogP contribution in [0.2, 0.25) is 0 Å². The Morgan fingerprint density at radius 1 is 0.720 bits per heavy atom. The van der Waals surface area contributed by atoms with E-state index in [2.05, 4.69) is 5.32 Å². The van der Waals surface area contributed by atoms with Gasteiger partial charge in [0.25, 0.3) is 0 Å². The highest BCUT2D eigenvalue weighted by Crippen LogP contribution is 2.38. The molecule has 0 radical (unpaired) electrons. The Labute approximate surface area is 149 Å². The van der Waals surface area contributed by atoms with Crippen molar-refractivity contribution in [1.29, 1.82) is 0 Å². The summed E-state index contributed by atoms with van der Waals surface area (Å²) in [4.78, 5) is 12.8. The number of benzene rings is 2. The van der Waals surface area contributed by atoms with Crippen LogP contribution in [0.25, 0.3) is 0 Å². The molecule has 1 fully saturated rings. The van der Waals surface area contributed by atoms with Crippen molar-refractivity contribution < 1.29 is 14.3 Å². The molecular formula is C21H25NO3. The second-order valence-corrected chi connectivity index (χ2v) is 6.65. The van der Waals surface area contributed by atoms with Gasteiger partial charge < -0.3 is 14.8 Å². The fourth-order valence-electron chi connectivity index (χ4n) is 3.62. The molecule has 0 spiro atoms. The van der Waals surface area contributed by atoms with Gasteiger partial charge in [0.2, 0.25) is 0 Å².